The van der Waals surface area contributed by atoms with Crippen molar-refractivity contribution in [2.24, 2.45) is 0 Å². The second kappa shape index (κ2) is 6.70. The molecule has 2 aromatic rings. The quantitative estimate of drug-likeness (QED) is 0.697. The van der Waals surface area contributed by atoms with E-state index >= 15 is 0 Å². The van der Waals surface area contributed by atoms with Crippen LogP contribution < -0.4 is 10.6 Å². The van der Waals surface area contributed by atoms with Gasteiger partial charge in [-0.3, -0.25) is 9.89 Å². The number of aryl methyl sites for hydroxylation is 2. The molecule has 1 aromatic heterocycles. The standard InChI is InChI=1S/C14H19N5O/c1-10-8-11(15-2)5-6-12(10)14(20)16-7-3-4-13-17-9-18-19-13/h5-6,8-9,15H,3-4,7H2,1-2H3,(H,16,20)(H,17,18,19). The number of H-pyrrole nitrogens is 1. The fourth-order valence-electron chi connectivity index (χ4n) is 1.98. The van der Waals surface area contributed by atoms with Crippen molar-refractivity contribution in [3.63, 3.8) is 0 Å². The minimum absolute atomic E-state index is 0.0391. The molecule has 1 amide bonds. The van der Waals surface area contributed by atoms with Gasteiger partial charge >= 0.3 is 0 Å². The summed E-state index contributed by atoms with van der Waals surface area (Å²) >= 11 is 0. The van der Waals surface area contributed by atoms with Gasteiger partial charge in [-0.15, -0.1) is 0 Å². The Bertz CT molecular complexity index is 565. The van der Waals surface area contributed by atoms with Gasteiger partial charge in [-0.25, -0.2) is 4.98 Å². The van der Waals surface area contributed by atoms with Crippen LogP contribution in [0.25, 0.3) is 0 Å². The molecular formula is C14H19N5O. The molecule has 1 heterocycles. The van der Waals surface area contributed by atoms with Crippen molar-refractivity contribution in [2.75, 3.05) is 18.9 Å². The maximum absolute atomic E-state index is 12.1. The van der Waals surface area contributed by atoms with Gasteiger partial charge in [0.25, 0.3) is 5.91 Å². The molecule has 0 aliphatic heterocycles. The van der Waals surface area contributed by atoms with Crippen LogP contribution in [0.3, 0.4) is 0 Å². The minimum Gasteiger partial charge on any atom is -0.388 e. The van der Waals surface area contributed by atoms with Gasteiger partial charge in [0.1, 0.15) is 12.2 Å². The van der Waals surface area contributed by atoms with Crippen LogP contribution in [0.5, 0.6) is 0 Å². The van der Waals surface area contributed by atoms with Crippen molar-refractivity contribution in [3.8, 4) is 0 Å². The number of aromatic nitrogens is 3. The van der Waals surface area contributed by atoms with Gasteiger partial charge in [-0.2, -0.15) is 5.10 Å². The zero-order valence-electron chi connectivity index (χ0n) is 11.7. The predicted molar refractivity (Wildman–Crippen MR) is 77.8 cm³/mol. The van der Waals surface area contributed by atoms with E-state index < -0.39 is 0 Å². The lowest BCUT2D eigenvalue weighted by Gasteiger charge is -2.09. The maximum atomic E-state index is 12.1. The van der Waals surface area contributed by atoms with Crippen molar-refractivity contribution in [3.05, 3.63) is 41.5 Å². The van der Waals surface area contributed by atoms with Crippen molar-refractivity contribution in [1.29, 1.82) is 0 Å². The van der Waals surface area contributed by atoms with Gasteiger partial charge < -0.3 is 10.6 Å². The Kier molecular flexibility index (Phi) is 4.70. The molecule has 0 saturated heterocycles. The van der Waals surface area contributed by atoms with E-state index in [9.17, 15) is 4.79 Å². The largest absolute Gasteiger partial charge is 0.388 e. The van der Waals surface area contributed by atoms with Gasteiger partial charge in [0, 0.05) is 31.3 Å². The van der Waals surface area contributed by atoms with E-state index in [2.05, 4.69) is 25.8 Å². The van der Waals surface area contributed by atoms with Gasteiger partial charge in [0.15, 0.2) is 0 Å². The number of aromatic amines is 1. The third-order valence-corrected chi connectivity index (χ3v) is 3.10. The Morgan fingerprint density at radius 1 is 1.40 bits per heavy atom. The lowest BCUT2D eigenvalue weighted by atomic mass is 10.1. The predicted octanol–water partition coefficient (Wildman–Crippen LogP) is 1.52. The third kappa shape index (κ3) is 3.57. The Balaban J connectivity index is 1.82. The zero-order valence-corrected chi connectivity index (χ0v) is 11.7. The number of anilines is 1. The van der Waals surface area contributed by atoms with Crippen molar-refractivity contribution in [2.45, 2.75) is 19.8 Å². The highest BCUT2D eigenvalue weighted by Crippen LogP contribution is 2.14. The Labute approximate surface area is 118 Å². The summed E-state index contributed by atoms with van der Waals surface area (Å²) in [5.74, 6) is 0.802. The van der Waals surface area contributed by atoms with Gasteiger partial charge in [0.05, 0.1) is 0 Å². The molecule has 0 bridgehead atoms. The van der Waals surface area contributed by atoms with E-state index in [1.807, 2.05) is 32.2 Å². The van der Waals surface area contributed by atoms with E-state index in [4.69, 9.17) is 0 Å². The van der Waals surface area contributed by atoms with E-state index in [0.717, 1.165) is 29.9 Å². The van der Waals surface area contributed by atoms with Crippen LogP contribution >= 0.6 is 0 Å². The molecule has 6 heteroatoms. The zero-order chi connectivity index (χ0) is 14.4. The van der Waals surface area contributed by atoms with E-state index in [0.29, 0.717) is 12.1 Å². The molecule has 0 atom stereocenters. The normalized spacial score (nSPS) is 10.3. The minimum atomic E-state index is -0.0391. The van der Waals surface area contributed by atoms with Crippen molar-refractivity contribution in [1.82, 2.24) is 20.5 Å². The molecule has 6 nitrogen and oxygen atoms in total. The third-order valence-electron chi connectivity index (χ3n) is 3.10. The smallest absolute Gasteiger partial charge is 0.251 e. The van der Waals surface area contributed by atoms with Crippen LogP contribution in [0.1, 0.15) is 28.2 Å². The number of hydrogen-bond donors (Lipinski definition) is 3. The molecule has 2 rings (SSSR count). The number of rotatable bonds is 6. The number of carbonyl (C=O) groups excluding carboxylic acids is 1. The fourth-order valence-corrected chi connectivity index (χ4v) is 1.98. The van der Waals surface area contributed by atoms with E-state index in [-0.39, 0.29) is 5.91 Å². The Morgan fingerprint density at radius 3 is 2.90 bits per heavy atom. The molecule has 0 fully saturated rings. The van der Waals surface area contributed by atoms with Gasteiger partial charge in [0.2, 0.25) is 0 Å². The second-order valence-electron chi connectivity index (χ2n) is 4.57. The summed E-state index contributed by atoms with van der Waals surface area (Å²) < 4.78 is 0. The number of nitrogens with zero attached hydrogens (tertiary/aromatic N) is 2. The van der Waals surface area contributed by atoms with E-state index in [1.54, 1.807) is 0 Å². The maximum Gasteiger partial charge on any atom is 0.251 e. The topological polar surface area (TPSA) is 82.7 Å². The van der Waals surface area contributed by atoms with Crippen LogP contribution in [0.4, 0.5) is 5.69 Å². The van der Waals surface area contributed by atoms with Gasteiger partial charge in [-0.1, -0.05) is 0 Å². The lowest BCUT2D eigenvalue weighted by molar-refractivity contribution is 0.0952. The first kappa shape index (κ1) is 14.0. The summed E-state index contributed by atoms with van der Waals surface area (Å²) in [4.78, 5) is 16.1. The molecule has 3 N–H and O–H groups in total. The highest BCUT2D eigenvalue weighted by Gasteiger charge is 2.08. The first-order chi connectivity index (χ1) is 9.70. The van der Waals surface area contributed by atoms with Crippen LogP contribution in [0.15, 0.2) is 24.5 Å². The molecule has 0 saturated carbocycles. The summed E-state index contributed by atoms with van der Waals surface area (Å²) in [7, 11) is 1.86. The molecule has 1 aromatic carbocycles. The first-order valence-electron chi connectivity index (χ1n) is 6.61. The fraction of sp³-hybridized carbons (Fsp3) is 0.357. The number of amides is 1. The molecule has 0 unspecified atom stereocenters. The summed E-state index contributed by atoms with van der Waals surface area (Å²) in [5, 5.41) is 12.6. The molecule has 20 heavy (non-hydrogen) atoms. The molecule has 0 radical (unpaired) electrons. The summed E-state index contributed by atoms with van der Waals surface area (Å²) in [5.41, 5.74) is 2.68. The van der Waals surface area contributed by atoms with Crippen LogP contribution in [-0.4, -0.2) is 34.7 Å². The monoisotopic (exact) mass is 273 g/mol. The van der Waals surface area contributed by atoms with Gasteiger partial charge in [-0.05, 0) is 37.1 Å². The molecule has 106 valence electrons. The van der Waals surface area contributed by atoms with Crippen LogP contribution in [-0.2, 0) is 6.42 Å². The summed E-state index contributed by atoms with van der Waals surface area (Å²) in [6, 6.07) is 5.70. The van der Waals surface area contributed by atoms with Crippen LogP contribution in [0, 0.1) is 6.92 Å². The second-order valence-corrected chi connectivity index (χ2v) is 4.57. The average Bonchev–Trinajstić information content (AvgIpc) is 2.96. The molecule has 0 aliphatic carbocycles. The van der Waals surface area contributed by atoms with E-state index in [1.165, 1.54) is 6.33 Å². The number of nitrogens with one attached hydrogen (secondary N) is 3. The summed E-state index contributed by atoms with van der Waals surface area (Å²) in [6.45, 7) is 2.55. The molecule has 0 aliphatic rings. The number of carbonyl (C=O) groups is 1. The highest BCUT2D eigenvalue weighted by atomic mass is 16.1. The molecule has 0 spiro atoms. The van der Waals surface area contributed by atoms with Crippen molar-refractivity contribution < 1.29 is 4.79 Å². The number of hydrogen-bond acceptors (Lipinski definition) is 4. The molecular weight excluding hydrogens is 254 g/mol. The Hall–Kier alpha value is -2.37. The SMILES string of the molecule is CNc1ccc(C(=O)NCCCc2ncn[nH]2)c(C)c1. The van der Waals surface area contributed by atoms with Crippen LogP contribution in [0.2, 0.25) is 0 Å². The average molecular weight is 273 g/mol. The summed E-state index contributed by atoms with van der Waals surface area (Å²) in [6.07, 6.45) is 3.09. The first-order valence-corrected chi connectivity index (χ1v) is 6.61. The lowest BCUT2D eigenvalue weighted by Crippen LogP contribution is -2.25. The highest BCUT2D eigenvalue weighted by molar-refractivity contribution is 5.96. The van der Waals surface area contributed by atoms with Crippen molar-refractivity contribution >= 4 is 11.6 Å². The Morgan fingerprint density at radius 2 is 2.25 bits per heavy atom. The number of benzene rings is 1.